The summed E-state index contributed by atoms with van der Waals surface area (Å²) in [5, 5.41) is 0. The van der Waals surface area contributed by atoms with Crippen molar-refractivity contribution in [2.45, 2.75) is 45.5 Å². The minimum atomic E-state index is -4.38. The lowest BCUT2D eigenvalue weighted by Crippen LogP contribution is -2.27. The molecule has 2 N–H and O–H groups in total. The number of hydrogen-bond acceptors (Lipinski definition) is 2. The molecule has 1 aromatic carbocycles. The van der Waals surface area contributed by atoms with Crippen molar-refractivity contribution in [3.63, 3.8) is 0 Å². The summed E-state index contributed by atoms with van der Waals surface area (Å²) in [5.41, 5.74) is 4.29. The second-order valence-electron chi connectivity index (χ2n) is 4.74. The predicted molar refractivity (Wildman–Crippen MR) is 64.3 cm³/mol. The molecule has 18 heavy (non-hydrogen) atoms. The Kier molecular flexibility index (Phi) is 4.27. The van der Waals surface area contributed by atoms with Crippen LogP contribution in [0, 0.1) is 0 Å². The Bertz CT molecular complexity index is 413. The van der Waals surface area contributed by atoms with Crippen LogP contribution in [0.15, 0.2) is 18.2 Å². The maximum atomic E-state index is 12.7. The summed E-state index contributed by atoms with van der Waals surface area (Å²) in [6.45, 7) is 5.55. The minimum Gasteiger partial charge on any atom is -0.488 e. The van der Waals surface area contributed by atoms with Crippen molar-refractivity contribution in [3.05, 3.63) is 29.3 Å². The van der Waals surface area contributed by atoms with E-state index in [1.54, 1.807) is 0 Å². The molecule has 102 valence electrons. The molecule has 0 radical (unpaired) electrons. The highest BCUT2D eigenvalue weighted by Crippen LogP contribution is 2.34. The van der Waals surface area contributed by atoms with Crippen molar-refractivity contribution in [2.75, 3.05) is 0 Å². The predicted octanol–water partition coefficient (Wildman–Crippen LogP) is 3.73. The maximum absolute atomic E-state index is 12.7. The Labute approximate surface area is 105 Å². The van der Waals surface area contributed by atoms with E-state index in [0.717, 1.165) is 12.5 Å². The van der Waals surface area contributed by atoms with Gasteiger partial charge in [-0.3, -0.25) is 0 Å². The SMILES string of the molecule is CCC(C)(C)Oc1ccc(C(F)(F)F)c(CN)c1. The number of hydrogen-bond donors (Lipinski definition) is 1. The molecule has 0 heterocycles. The Morgan fingerprint density at radius 3 is 2.28 bits per heavy atom. The van der Waals surface area contributed by atoms with Crippen molar-refractivity contribution in [2.24, 2.45) is 5.73 Å². The highest BCUT2D eigenvalue weighted by atomic mass is 19.4. The molecule has 1 rings (SSSR count). The Hall–Kier alpha value is -1.23. The van der Waals surface area contributed by atoms with Gasteiger partial charge in [0.1, 0.15) is 11.4 Å². The molecule has 0 amide bonds. The van der Waals surface area contributed by atoms with E-state index in [-0.39, 0.29) is 12.1 Å². The fourth-order valence-corrected chi connectivity index (χ4v) is 1.47. The van der Waals surface area contributed by atoms with E-state index in [0.29, 0.717) is 5.75 Å². The normalized spacial score (nSPS) is 12.6. The zero-order valence-corrected chi connectivity index (χ0v) is 10.8. The lowest BCUT2D eigenvalue weighted by Gasteiger charge is -2.25. The number of nitrogens with two attached hydrogens (primary N) is 1. The monoisotopic (exact) mass is 261 g/mol. The molecule has 0 saturated carbocycles. The summed E-state index contributed by atoms with van der Waals surface area (Å²) in [5.74, 6) is 0.412. The molecule has 1 aromatic rings. The number of alkyl halides is 3. The first kappa shape index (κ1) is 14.8. The fraction of sp³-hybridized carbons (Fsp3) is 0.538. The summed E-state index contributed by atoms with van der Waals surface area (Å²) < 4.78 is 43.7. The van der Waals surface area contributed by atoms with Gasteiger partial charge in [-0.1, -0.05) is 6.92 Å². The molecule has 0 bridgehead atoms. The van der Waals surface area contributed by atoms with Crippen LogP contribution in [0.25, 0.3) is 0 Å². The molecule has 0 spiro atoms. The van der Waals surface area contributed by atoms with Crippen LogP contribution in [0.5, 0.6) is 5.75 Å². The zero-order valence-electron chi connectivity index (χ0n) is 10.8. The van der Waals surface area contributed by atoms with Gasteiger partial charge in [0, 0.05) is 6.54 Å². The topological polar surface area (TPSA) is 35.2 Å². The first-order chi connectivity index (χ1) is 8.19. The second kappa shape index (κ2) is 5.18. The fourth-order valence-electron chi connectivity index (χ4n) is 1.47. The van der Waals surface area contributed by atoms with Crippen molar-refractivity contribution < 1.29 is 17.9 Å². The molecule has 5 heteroatoms. The van der Waals surface area contributed by atoms with E-state index in [1.165, 1.54) is 12.1 Å². The quantitative estimate of drug-likeness (QED) is 0.896. The molecule has 0 aromatic heterocycles. The van der Waals surface area contributed by atoms with Crippen LogP contribution in [-0.2, 0) is 12.7 Å². The summed E-state index contributed by atoms with van der Waals surface area (Å²) in [6, 6.07) is 3.71. The van der Waals surface area contributed by atoms with Crippen LogP contribution in [0.4, 0.5) is 13.2 Å². The van der Waals surface area contributed by atoms with Gasteiger partial charge in [-0.2, -0.15) is 13.2 Å². The van der Waals surface area contributed by atoms with Crippen LogP contribution in [0.2, 0.25) is 0 Å². The molecule has 0 atom stereocenters. The summed E-state index contributed by atoms with van der Waals surface area (Å²) >= 11 is 0. The number of ether oxygens (including phenoxy) is 1. The third kappa shape index (κ3) is 3.63. The molecule has 2 nitrogen and oxygen atoms in total. The van der Waals surface area contributed by atoms with E-state index in [4.69, 9.17) is 10.5 Å². The highest BCUT2D eigenvalue weighted by Gasteiger charge is 2.33. The average molecular weight is 261 g/mol. The Morgan fingerprint density at radius 2 is 1.83 bits per heavy atom. The van der Waals surface area contributed by atoms with Crippen LogP contribution < -0.4 is 10.5 Å². The summed E-state index contributed by atoms with van der Waals surface area (Å²) in [4.78, 5) is 0. The van der Waals surface area contributed by atoms with E-state index in [2.05, 4.69) is 0 Å². The van der Waals surface area contributed by atoms with E-state index in [1.807, 2.05) is 20.8 Å². The molecule has 0 aliphatic heterocycles. The van der Waals surface area contributed by atoms with Gasteiger partial charge < -0.3 is 10.5 Å². The van der Waals surface area contributed by atoms with Gasteiger partial charge in [0.25, 0.3) is 0 Å². The average Bonchev–Trinajstić information content (AvgIpc) is 2.27. The molecule has 0 unspecified atom stereocenters. The molecule has 0 aliphatic rings. The first-order valence-corrected chi connectivity index (χ1v) is 5.79. The van der Waals surface area contributed by atoms with Crippen molar-refractivity contribution >= 4 is 0 Å². The molecular formula is C13H18F3NO. The van der Waals surface area contributed by atoms with E-state index >= 15 is 0 Å². The van der Waals surface area contributed by atoms with Gasteiger partial charge >= 0.3 is 6.18 Å². The molecule has 0 saturated heterocycles. The largest absolute Gasteiger partial charge is 0.488 e. The van der Waals surface area contributed by atoms with Crippen molar-refractivity contribution in [1.29, 1.82) is 0 Å². The van der Waals surface area contributed by atoms with Crippen molar-refractivity contribution in [1.82, 2.24) is 0 Å². The lowest BCUT2D eigenvalue weighted by molar-refractivity contribution is -0.138. The number of rotatable bonds is 4. The number of benzene rings is 1. The summed E-state index contributed by atoms with van der Waals surface area (Å²) in [7, 11) is 0. The van der Waals surface area contributed by atoms with Gasteiger partial charge in [-0.15, -0.1) is 0 Å². The van der Waals surface area contributed by atoms with Gasteiger partial charge in [-0.25, -0.2) is 0 Å². The van der Waals surface area contributed by atoms with Crippen LogP contribution in [0.3, 0.4) is 0 Å². The molecule has 0 aliphatic carbocycles. The third-order valence-electron chi connectivity index (χ3n) is 2.85. The standard InChI is InChI=1S/C13H18F3NO/c1-4-12(2,3)18-10-5-6-11(13(14,15)16)9(7-10)8-17/h5-7H,4,8,17H2,1-3H3. The van der Waals surface area contributed by atoms with E-state index < -0.39 is 17.3 Å². The van der Waals surface area contributed by atoms with Crippen LogP contribution in [-0.4, -0.2) is 5.60 Å². The smallest absolute Gasteiger partial charge is 0.416 e. The molecule has 0 fully saturated rings. The van der Waals surface area contributed by atoms with Crippen LogP contribution in [0.1, 0.15) is 38.3 Å². The van der Waals surface area contributed by atoms with E-state index in [9.17, 15) is 13.2 Å². The Balaban J connectivity index is 3.07. The Morgan fingerprint density at radius 1 is 1.22 bits per heavy atom. The highest BCUT2D eigenvalue weighted by molar-refractivity contribution is 5.37. The minimum absolute atomic E-state index is 0.0481. The van der Waals surface area contributed by atoms with Gasteiger partial charge in [0.2, 0.25) is 0 Å². The third-order valence-corrected chi connectivity index (χ3v) is 2.85. The van der Waals surface area contributed by atoms with Gasteiger partial charge in [0.05, 0.1) is 5.56 Å². The van der Waals surface area contributed by atoms with Gasteiger partial charge in [0.15, 0.2) is 0 Å². The summed E-state index contributed by atoms with van der Waals surface area (Å²) in [6.07, 6.45) is -3.63. The number of halogens is 3. The second-order valence-corrected chi connectivity index (χ2v) is 4.74. The molecular weight excluding hydrogens is 243 g/mol. The lowest BCUT2D eigenvalue weighted by atomic mass is 10.0. The van der Waals surface area contributed by atoms with Crippen LogP contribution >= 0.6 is 0 Å². The van der Waals surface area contributed by atoms with Crippen molar-refractivity contribution in [3.8, 4) is 5.75 Å². The first-order valence-electron chi connectivity index (χ1n) is 5.79. The maximum Gasteiger partial charge on any atom is 0.416 e. The zero-order chi connectivity index (χ0) is 14.0. The van der Waals surface area contributed by atoms with Gasteiger partial charge in [-0.05, 0) is 44.0 Å².